The molecule has 4 N–H and O–H groups in total. The van der Waals surface area contributed by atoms with Gasteiger partial charge in [0.05, 0.1) is 6.54 Å². The van der Waals surface area contributed by atoms with Crippen LogP contribution in [0.2, 0.25) is 0 Å². The maximum Gasteiger partial charge on any atom is 0.178 e. The summed E-state index contributed by atoms with van der Waals surface area (Å²) in [5.41, 5.74) is 2.04. The molecule has 0 unspecified atom stereocenters. The molecule has 0 radical (unpaired) electrons. The third-order valence-corrected chi connectivity index (χ3v) is 2.13. The van der Waals surface area contributed by atoms with Gasteiger partial charge in [-0.15, -0.1) is 0 Å². The van der Waals surface area contributed by atoms with Gasteiger partial charge in [-0.2, -0.15) is 5.10 Å². The van der Waals surface area contributed by atoms with Gasteiger partial charge >= 0.3 is 0 Å². The Morgan fingerprint density at radius 1 is 1.33 bits per heavy atom. The molecular weight excluding hydrogens is 244 g/mol. The first kappa shape index (κ1) is 12.2. The van der Waals surface area contributed by atoms with Crippen molar-refractivity contribution in [3.05, 3.63) is 29.9 Å². The molecule has 9 heteroatoms. The summed E-state index contributed by atoms with van der Waals surface area (Å²) < 4.78 is 28.0. The lowest BCUT2D eigenvalue weighted by molar-refractivity contribution is 0.578. The van der Waals surface area contributed by atoms with Gasteiger partial charge in [-0.05, 0) is 0 Å². The van der Waals surface area contributed by atoms with Crippen molar-refractivity contribution in [3.8, 4) is 0 Å². The van der Waals surface area contributed by atoms with Crippen LogP contribution in [-0.4, -0.2) is 19.7 Å². The van der Waals surface area contributed by atoms with Crippen molar-refractivity contribution in [2.24, 2.45) is 12.9 Å². The van der Waals surface area contributed by atoms with Crippen molar-refractivity contribution < 1.29 is 8.78 Å². The Labute approximate surface area is 101 Å². The van der Waals surface area contributed by atoms with Gasteiger partial charge < -0.3 is 10.7 Å². The zero-order chi connectivity index (χ0) is 13.1. The molecule has 0 aliphatic carbocycles. The summed E-state index contributed by atoms with van der Waals surface area (Å²) in [7, 11) is 1.71. The van der Waals surface area contributed by atoms with E-state index in [9.17, 15) is 8.78 Å². The van der Waals surface area contributed by atoms with Crippen molar-refractivity contribution in [2.45, 2.75) is 6.54 Å². The second kappa shape index (κ2) is 4.92. The molecule has 0 aliphatic heterocycles. The molecule has 0 amide bonds. The lowest BCUT2D eigenvalue weighted by atomic mass is 10.4. The van der Waals surface area contributed by atoms with E-state index in [4.69, 9.17) is 5.84 Å². The molecule has 2 heterocycles. The second-order valence-electron chi connectivity index (χ2n) is 3.48. The van der Waals surface area contributed by atoms with Crippen LogP contribution in [0.4, 0.5) is 20.4 Å². The summed E-state index contributed by atoms with van der Waals surface area (Å²) in [5.74, 6) is 3.46. The predicted molar refractivity (Wildman–Crippen MR) is 60.3 cm³/mol. The summed E-state index contributed by atoms with van der Waals surface area (Å²) in [5, 5.41) is 6.65. The SMILES string of the molecule is Cn1cnc(CNc2nc(NN)c(F)cc2F)n1. The summed E-state index contributed by atoms with van der Waals surface area (Å²) in [6, 6.07) is 0.691. The first-order valence-electron chi connectivity index (χ1n) is 5.01. The first-order chi connectivity index (χ1) is 8.60. The zero-order valence-corrected chi connectivity index (χ0v) is 9.48. The minimum Gasteiger partial charge on any atom is -0.360 e. The van der Waals surface area contributed by atoms with E-state index in [2.05, 4.69) is 20.4 Å². The van der Waals surface area contributed by atoms with E-state index in [0.717, 1.165) is 0 Å². The molecule has 0 atom stereocenters. The Hall–Kier alpha value is -2.29. The first-order valence-corrected chi connectivity index (χ1v) is 5.01. The van der Waals surface area contributed by atoms with Gasteiger partial charge in [-0.1, -0.05) is 0 Å². The average molecular weight is 255 g/mol. The second-order valence-corrected chi connectivity index (χ2v) is 3.48. The molecule has 0 aromatic carbocycles. The fourth-order valence-electron chi connectivity index (χ4n) is 1.32. The van der Waals surface area contributed by atoms with Gasteiger partial charge in [0.15, 0.2) is 29.1 Å². The Morgan fingerprint density at radius 2 is 2.06 bits per heavy atom. The summed E-state index contributed by atoms with van der Waals surface area (Å²) >= 11 is 0. The highest BCUT2D eigenvalue weighted by atomic mass is 19.1. The van der Waals surface area contributed by atoms with Gasteiger partial charge in [0.1, 0.15) is 6.33 Å². The van der Waals surface area contributed by atoms with Crippen LogP contribution >= 0.6 is 0 Å². The summed E-state index contributed by atoms with van der Waals surface area (Å²) in [4.78, 5) is 7.60. The third kappa shape index (κ3) is 2.51. The molecule has 7 nitrogen and oxygen atoms in total. The molecule has 2 aromatic rings. The molecule has 96 valence electrons. The Kier molecular flexibility index (Phi) is 3.33. The van der Waals surface area contributed by atoms with E-state index < -0.39 is 11.6 Å². The molecule has 0 fully saturated rings. The van der Waals surface area contributed by atoms with Crippen molar-refractivity contribution in [3.63, 3.8) is 0 Å². The van der Waals surface area contributed by atoms with E-state index in [0.29, 0.717) is 11.9 Å². The molecule has 18 heavy (non-hydrogen) atoms. The number of hydrazine groups is 1. The van der Waals surface area contributed by atoms with Gasteiger partial charge in [0.25, 0.3) is 0 Å². The van der Waals surface area contributed by atoms with Crippen molar-refractivity contribution in [1.82, 2.24) is 19.7 Å². The van der Waals surface area contributed by atoms with E-state index in [1.165, 1.54) is 11.0 Å². The van der Waals surface area contributed by atoms with Crippen LogP contribution in [0.1, 0.15) is 5.82 Å². The number of halogens is 2. The van der Waals surface area contributed by atoms with Crippen molar-refractivity contribution in [2.75, 3.05) is 10.7 Å². The number of pyridine rings is 1. The molecule has 0 aliphatic rings. The number of nitrogen functional groups attached to an aromatic ring is 1. The van der Waals surface area contributed by atoms with Crippen LogP contribution in [0.15, 0.2) is 12.4 Å². The minimum atomic E-state index is -0.864. The number of anilines is 2. The van der Waals surface area contributed by atoms with E-state index >= 15 is 0 Å². The number of rotatable bonds is 4. The van der Waals surface area contributed by atoms with E-state index in [1.807, 2.05) is 5.43 Å². The van der Waals surface area contributed by atoms with Gasteiger partial charge in [-0.3, -0.25) is 4.68 Å². The van der Waals surface area contributed by atoms with Crippen LogP contribution in [0.25, 0.3) is 0 Å². The van der Waals surface area contributed by atoms with E-state index in [-0.39, 0.29) is 18.2 Å². The number of aryl methyl sites for hydroxylation is 1. The largest absolute Gasteiger partial charge is 0.360 e. The summed E-state index contributed by atoms with van der Waals surface area (Å²) in [6.45, 7) is 0.167. The number of hydrogen-bond donors (Lipinski definition) is 3. The molecule has 2 rings (SSSR count). The smallest absolute Gasteiger partial charge is 0.178 e. The third-order valence-electron chi connectivity index (χ3n) is 2.13. The number of hydrogen-bond acceptors (Lipinski definition) is 6. The van der Waals surface area contributed by atoms with Crippen molar-refractivity contribution in [1.29, 1.82) is 0 Å². The highest BCUT2D eigenvalue weighted by Gasteiger charge is 2.11. The molecule has 2 aromatic heterocycles. The predicted octanol–water partition coefficient (Wildman–Crippen LogP) is 0.386. The Balaban J connectivity index is 2.13. The number of nitrogens with two attached hydrogens (primary N) is 1. The monoisotopic (exact) mass is 255 g/mol. The zero-order valence-electron chi connectivity index (χ0n) is 9.48. The quantitative estimate of drug-likeness (QED) is 0.540. The molecular formula is C9H11F2N7. The van der Waals surface area contributed by atoms with Gasteiger partial charge in [-0.25, -0.2) is 24.6 Å². The van der Waals surface area contributed by atoms with Crippen LogP contribution in [-0.2, 0) is 13.6 Å². The number of aromatic nitrogens is 4. The summed E-state index contributed by atoms with van der Waals surface area (Å²) in [6.07, 6.45) is 1.51. The van der Waals surface area contributed by atoms with E-state index in [1.54, 1.807) is 7.05 Å². The molecule has 0 saturated carbocycles. The van der Waals surface area contributed by atoms with Crippen molar-refractivity contribution >= 4 is 11.6 Å². The topological polar surface area (TPSA) is 93.7 Å². The fraction of sp³-hybridized carbons (Fsp3) is 0.222. The highest BCUT2D eigenvalue weighted by Crippen LogP contribution is 2.18. The minimum absolute atomic E-state index is 0.128. The highest BCUT2D eigenvalue weighted by molar-refractivity contribution is 5.46. The number of nitrogens with one attached hydrogen (secondary N) is 2. The van der Waals surface area contributed by atoms with Gasteiger partial charge in [0, 0.05) is 13.1 Å². The van der Waals surface area contributed by atoms with Crippen LogP contribution < -0.4 is 16.6 Å². The van der Waals surface area contributed by atoms with Crippen LogP contribution in [0.3, 0.4) is 0 Å². The Morgan fingerprint density at radius 3 is 2.67 bits per heavy atom. The lowest BCUT2D eigenvalue weighted by Gasteiger charge is -2.07. The molecule has 0 bridgehead atoms. The van der Waals surface area contributed by atoms with Gasteiger partial charge in [0.2, 0.25) is 0 Å². The standard InChI is InChI=1S/C9H11F2N7/c1-18-4-14-7(17-18)3-13-8-5(10)2-6(11)9(15-8)16-12/h2,4H,3,12H2,1H3,(H2,13,15,16). The fourth-order valence-corrected chi connectivity index (χ4v) is 1.32. The average Bonchev–Trinajstić information content (AvgIpc) is 2.74. The number of nitrogens with zero attached hydrogens (tertiary/aromatic N) is 4. The normalized spacial score (nSPS) is 10.4. The lowest BCUT2D eigenvalue weighted by Crippen LogP contribution is -2.13. The Bertz CT molecular complexity index is 554. The maximum atomic E-state index is 13.4. The maximum absolute atomic E-state index is 13.4. The van der Waals surface area contributed by atoms with Crippen LogP contribution in [0.5, 0.6) is 0 Å². The van der Waals surface area contributed by atoms with Crippen LogP contribution in [0, 0.1) is 11.6 Å². The molecule has 0 spiro atoms. The molecule has 0 saturated heterocycles.